The quantitative estimate of drug-likeness (QED) is 0.846. The lowest BCUT2D eigenvalue weighted by Gasteiger charge is -2.25. The molecule has 0 fully saturated rings. The molecule has 1 aromatic rings. The number of nitrogens with one attached hydrogen (secondary N) is 1. The summed E-state index contributed by atoms with van der Waals surface area (Å²) in [6.07, 6.45) is -4.22. The van der Waals surface area contributed by atoms with E-state index in [0.29, 0.717) is 23.3 Å². The van der Waals surface area contributed by atoms with Gasteiger partial charge in [0.25, 0.3) is 0 Å². The molecule has 0 aliphatic heterocycles. The monoisotopic (exact) mass is 308 g/mol. The first-order valence-corrected chi connectivity index (χ1v) is 6.94. The zero-order valence-corrected chi connectivity index (χ0v) is 12.6. The largest absolute Gasteiger partial charge is 0.405 e. The standard InChI is InChI=1S/C14H20ClF3N2/c1-4-20(9-14(16,17)18)12-6-5-11(13(15)7-12)8-19-10(2)3/h5-7,10,19H,4,8-9H2,1-3H3. The van der Waals surface area contributed by atoms with Gasteiger partial charge in [-0.05, 0) is 24.6 Å². The van der Waals surface area contributed by atoms with Gasteiger partial charge in [0.2, 0.25) is 0 Å². The summed E-state index contributed by atoms with van der Waals surface area (Å²) in [5, 5.41) is 3.71. The van der Waals surface area contributed by atoms with Gasteiger partial charge in [0.05, 0.1) is 0 Å². The Labute approximate surface area is 122 Å². The third kappa shape index (κ3) is 5.59. The Morgan fingerprint density at radius 3 is 2.40 bits per heavy atom. The highest BCUT2D eigenvalue weighted by molar-refractivity contribution is 6.31. The van der Waals surface area contributed by atoms with Crippen LogP contribution in [0.4, 0.5) is 18.9 Å². The molecule has 0 saturated carbocycles. The third-order valence-corrected chi connectivity index (χ3v) is 3.21. The van der Waals surface area contributed by atoms with Crippen molar-refractivity contribution in [1.29, 1.82) is 0 Å². The van der Waals surface area contributed by atoms with Crippen molar-refractivity contribution in [3.05, 3.63) is 28.8 Å². The van der Waals surface area contributed by atoms with Gasteiger partial charge in [0, 0.05) is 29.8 Å². The third-order valence-electron chi connectivity index (χ3n) is 2.85. The molecule has 2 nitrogen and oxygen atoms in total. The number of hydrogen-bond acceptors (Lipinski definition) is 2. The Balaban J connectivity index is 2.84. The van der Waals surface area contributed by atoms with Gasteiger partial charge >= 0.3 is 6.18 Å². The average Bonchev–Trinajstić information content (AvgIpc) is 2.33. The van der Waals surface area contributed by atoms with Crippen molar-refractivity contribution in [2.24, 2.45) is 0 Å². The molecule has 0 aliphatic rings. The van der Waals surface area contributed by atoms with Crippen LogP contribution in [-0.2, 0) is 6.54 Å². The highest BCUT2D eigenvalue weighted by Gasteiger charge is 2.30. The van der Waals surface area contributed by atoms with E-state index in [1.54, 1.807) is 25.1 Å². The fourth-order valence-corrected chi connectivity index (χ4v) is 2.03. The SMILES string of the molecule is CCN(CC(F)(F)F)c1ccc(CNC(C)C)c(Cl)c1. The van der Waals surface area contributed by atoms with Crippen molar-refractivity contribution >= 4 is 17.3 Å². The van der Waals surface area contributed by atoms with E-state index in [1.807, 2.05) is 13.8 Å². The smallest absolute Gasteiger partial charge is 0.363 e. The molecular weight excluding hydrogens is 289 g/mol. The summed E-state index contributed by atoms with van der Waals surface area (Å²) in [5.41, 5.74) is 1.37. The fourth-order valence-electron chi connectivity index (χ4n) is 1.79. The van der Waals surface area contributed by atoms with Crippen LogP contribution in [0.1, 0.15) is 26.3 Å². The minimum absolute atomic E-state index is 0.277. The lowest BCUT2D eigenvalue weighted by molar-refractivity contribution is -0.119. The van der Waals surface area contributed by atoms with E-state index < -0.39 is 12.7 Å². The molecule has 20 heavy (non-hydrogen) atoms. The minimum atomic E-state index is -4.22. The Kier molecular flexibility index (Phi) is 6.14. The van der Waals surface area contributed by atoms with E-state index in [9.17, 15) is 13.2 Å². The maximum atomic E-state index is 12.5. The highest BCUT2D eigenvalue weighted by Crippen LogP contribution is 2.26. The number of nitrogens with zero attached hydrogens (tertiary/aromatic N) is 1. The molecule has 1 aromatic carbocycles. The molecular formula is C14H20ClF3N2. The predicted molar refractivity (Wildman–Crippen MR) is 77.4 cm³/mol. The van der Waals surface area contributed by atoms with Gasteiger partial charge in [-0.15, -0.1) is 0 Å². The lowest BCUT2D eigenvalue weighted by atomic mass is 10.1. The zero-order chi connectivity index (χ0) is 15.3. The summed E-state index contributed by atoms with van der Waals surface area (Å²) in [6.45, 7) is 5.63. The Bertz CT molecular complexity index is 433. The molecule has 114 valence electrons. The Hall–Kier alpha value is -0.940. The van der Waals surface area contributed by atoms with Gasteiger partial charge in [0.15, 0.2) is 0 Å². The van der Waals surface area contributed by atoms with Crippen LogP contribution in [0, 0.1) is 0 Å². The van der Waals surface area contributed by atoms with Crippen molar-refractivity contribution < 1.29 is 13.2 Å². The van der Waals surface area contributed by atoms with Gasteiger partial charge in [0.1, 0.15) is 6.54 Å². The van der Waals surface area contributed by atoms with Gasteiger partial charge in [-0.1, -0.05) is 31.5 Å². The van der Waals surface area contributed by atoms with Crippen molar-refractivity contribution in [3.63, 3.8) is 0 Å². The molecule has 0 amide bonds. The van der Waals surface area contributed by atoms with Crippen molar-refractivity contribution in [3.8, 4) is 0 Å². The van der Waals surface area contributed by atoms with Crippen molar-refractivity contribution in [2.75, 3.05) is 18.0 Å². The first-order valence-electron chi connectivity index (χ1n) is 6.56. The van der Waals surface area contributed by atoms with Crippen LogP contribution >= 0.6 is 11.6 Å². The summed E-state index contributed by atoms with van der Waals surface area (Å²) in [5.74, 6) is 0. The van der Waals surface area contributed by atoms with Gasteiger partial charge in [-0.3, -0.25) is 0 Å². The van der Waals surface area contributed by atoms with E-state index in [-0.39, 0.29) is 6.54 Å². The Morgan fingerprint density at radius 2 is 1.95 bits per heavy atom. The summed E-state index contributed by atoms with van der Waals surface area (Å²) in [7, 11) is 0. The molecule has 6 heteroatoms. The number of rotatable bonds is 6. The Morgan fingerprint density at radius 1 is 1.30 bits per heavy atom. The summed E-state index contributed by atoms with van der Waals surface area (Å²) in [6, 6.07) is 5.36. The molecule has 0 atom stereocenters. The second kappa shape index (κ2) is 7.18. The molecule has 0 saturated heterocycles. The highest BCUT2D eigenvalue weighted by atomic mass is 35.5. The average molecular weight is 309 g/mol. The number of halogens is 4. The second-order valence-electron chi connectivity index (χ2n) is 4.94. The predicted octanol–water partition coefficient (Wildman–Crippen LogP) is 4.23. The number of hydrogen-bond donors (Lipinski definition) is 1. The van der Waals surface area contributed by atoms with Crippen molar-refractivity contribution in [1.82, 2.24) is 5.32 Å². The molecule has 0 radical (unpaired) electrons. The van der Waals surface area contributed by atoms with E-state index in [4.69, 9.17) is 11.6 Å². The fraction of sp³-hybridized carbons (Fsp3) is 0.571. The first kappa shape index (κ1) is 17.1. The minimum Gasteiger partial charge on any atom is -0.363 e. The number of anilines is 1. The van der Waals surface area contributed by atoms with Gasteiger partial charge in [-0.2, -0.15) is 13.2 Å². The van der Waals surface area contributed by atoms with Crippen LogP contribution in [0.2, 0.25) is 5.02 Å². The zero-order valence-electron chi connectivity index (χ0n) is 11.9. The molecule has 1 rings (SSSR count). The number of alkyl halides is 3. The summed E-state index contributed by atoms with van der Waals surface area (Å²) >= 11 is 6.14. The van der Waals surface area contributed by atoms with Gasteiger partial charge in [-0.25, -0.2) is 0 Å². The van der Waals surface area contributed by atoms with Crippen LogP contribution in [-0.4, -0.2) is 25.3 Å². The first-order chi connectivity index (χ1) is 9.23. The summed E-state index contributed by atoms with van der Waals surface area (Å²) < 4.78 is 37.4. The van der Waals surface area contributed by atoms with E-state index in [0.717, 1.165) is 5.56 Å². The maximum Gasteiger partial charge on any atom is 0.405 e. The van der Waals surface area contributed by atoms with E-state index >= 15 is 0 Å². The van der Waals surface area contributed by atoms with Crippen LogP contribution in [0.25, 0.3) is 0 Å². The second-order valence-corrected chi connectivity index (χ2v) is 5.35. The molecule has 1 N–H and O–H groups in total. The van der Waals surface area contributed by atoms with Crippen LogP contribution in [0.5, 0.6) is 0 Å². The van der Waals surface area contributed by atoms with E-state index in [1.165, 1.54) is 4.90 Å². The van der Waals surface area contributed by atoms with Crippen LogP contribution in [0.3, 0.4) is 0 Å². The van der Waals surface area contributed by atoms with Crippen LogP contribution in [0.15, 0.2) is 18.2 Å². The summed E-state index contributed by atoms with van der Waals surface area (Å²) in [4.78, 5) is 1.26. The lowest BCUT2D eigenvalue weighted by Crippen LogP contribution is -2.34. The number of benzene rings is 1. The maximum absolute atomic E-state index is 12.5. The molecule has 0 bridgehead atoms. The molecule has 0 heterocycles. The normalized spacial score (nSPS) is 12.0. The van der Waals surface area contributed by atoms with Crippen LogP contribution < -0.4 is 10.2 Å². The molecule has 0 spiro atoms. The molecule has 0 unspecified atom stereocenters. The van der Waals surface area contributed by atoms with Crippen molar-refractivity contribution in [2.45, 2.75) is 39.5 Å². The topological polar surface area (TPSA) is 15.3 Å². The molecule has 0 aliphatic carbocycles. The van der Waals surface area contributed by atoms with Gasteiger partial charge < -0.3 is 10.2 Å². The molecule has 0 aromatic heterocycles. The van der Waals surface area contributed by atoms with E-state index in [2.05, 4.69) is 5.32 Å².